The van der Waals surface area contributed by atoms with Gasteiger partial charge in [-0.3, -0.25) is 0 Å². The Morgan fingerprint density at radius 3 is 2.52 bits per heavy atom. The SMILES string of the molecule is FC(F)(F)c1cccc(OCc2cc(-c3ccccc3)no2)n1. The standard InChI is InChI=1S/C16H11F3N2O2/c17-16(18,19)14-7-4-8-15(20-14)22-10-12-9-13(21-23-12)11-5-2-1-3-6-11/h1-9H,10H2. The molecule has 3 aromatic rings. The maximum absolute atomic E-state index is 12.6. The number of hydrogen-bond donors (Lipinski definition) is 0. The number of rotatable bonds is 4. The van der Waals surface area contributed by atoms with E-state index in [0.717, 1.165) is 11.6 Å². The van der Waals surface area contributed by atoms with Gasteiger partial charge < -0.3 is 9.26 Å². The predicted octanol–water partition coefficient (Wildman–Crippen LogP) is 4.33. The summed E-state index contributed by atoms with van der Waals surface area (Å²) < 4.78 is 48.1. The van der Waals surface area contributed by atoms with E-state index in [4.69, 9.17) is 9.26 Å². The summed E-state index contributed by atoms with van der Waals surface area (Å²) in [6.45, 7) is -0.0614. The van der Waals surface area contributed by atoms with Gasteiger partial charge in [0.2, 0.25) is 5.88 Å². The molecule has 0 fully saturated rings. The zero-order valence-corrected chi connectivity index (χ0v) is 11.7. The number of benzene rings is 1. The minimum atomic E-state index is -4.51. The maximum atomic E-state index is 12.6. The second kappa shape index (κ2) is 6.12. The van der Waals surface area contributed by atoms with E-state index in [0.29, 0.717) is 11.5 Å². The second-order valence-electron chi connectivity index (χ2n) is 4.69. The molecule has 2 heterocycles. The van der Waals surface area contributed by atoms with E-state index >= 15 is 0 Å². The first-order valence-electron chi connectivity index (χ1n) is 6.70. The van der Waals surface area contributed by atoms with Gasteiger partial charge in [-0.25, -0.2) is 4.98 Å². The van der Waals surface area contributed by atoms with Gasteiger partial charge in [0.05, 0.1) is 0 Å². The van der Waals surface area contributed by atoms with Gasteiger partial charge in [-0.2, -0.15) is 13.2 Å². The van der Waals surface area contributed by atoms with E-state index in [2.05, 4.69) is 10.1 Å². The molecule has 4 nitrogen and oxygen atoms in total. The topological polar surface area (TPSA) is 48.2 Å². The lowest BCUT2D eigenvalue weighted by atomic mass is 10.1. The van der Waals surface area contributed by atoms with Gasteiger partial charge in [-0.1, -0.05) is 41.6 Å². The van der Waals surface area contributed by atoms with Crippen LogP contribution >= 0.6 is 0 Å². The Bertz CT molecular complexity index is 785. The summed E-state index contributed by atoms with van der Waals surface area (Å²) in [5.74, 6) is 0.264. The summed E-state index contributed by atoms with van der Waals surface area (Å²) >= 11 is 0. The Morgan fingerprint density at radius 2 is 1.78 bits per heavy atom. The number of nitrogens with zero attached hydrogens (tertiary/aromatic N) is 2. The maximum Gasteiger partial charge on any atom is 0.433 e. The van der Waals surface area contributed by atoms with Crippen molar-refractivity contribution in [2.24, 2.45) is 0 Å². The summed E-state index contributed by atoms with van der Waals surface area (Å²) in [6, 6.07) is 14.5. The van der Waals surface area contributed by atoms with Crippen LogP contribution in [0.4, 0.5) is 13.2 Å². The third-order valence-electron chi connectivity index (χ3n) is 3.00. The third-order valence-corrected chi connectivity index (χ3v) is 3.00. The fourth-order valence-electron chi connectivity index (χ4n) is 1.92. The fraction of sp³-hybridized carbons (Fsp3) is 0.125. The molecule has 3 rings (SSSR count). The van der Waals surface area contributed by atoms with Crippen molar-refractivity contribution in [1.29, 1.82) is 0 Å². The molecular weight excluding hydrogens is 309 g/mol. The van der Waals surface area contributed by atoms with Gasteiger partial charge in [0.1, 0.15) is 11.4 Å². The molecule has 0 saturated heterocycles. The highest BCUT2D eigenvalue weighted by molar-refractivity contribution is 5.58. The number of ether oxygens (including phenoxy) is 1. The summed E-state index contributed by atoms with van der Waals surface area (Å²) in [5, 5.41) is 3.90. The van der Waals surface area contributed by atoms with Gasteiger partial charge in [-0.05, 0) is 6.07 Å². The zero-order valence-electron chi connectivity index (χ0n) is 11.7. The molecule has 118 valence electrons. The van der Waals surface area contributed by atoms with E-state index in [1.807, 2.05) is 30.3 Å². The molecule has 0 N–H and O–H groups in total. The van der Waals surface area contributed by atoms with Crippen molar-refractivity contribution in [2.75, 3.05) is 0 Å². The first-order chi connectivity index (χ1) is 11.0. The molecule has 0 bridgehead atoms. The van der Waals surface area contributed by atoms with Gasteiger partial charge in [0.25, 0.3) is 0 Å². The third kappa shape index (κ3) is 3.68. The van der Waals surface area contributed by atoms with Gasteiger partial charge in [0, 0.05) is 17.7 Å². The van der Waals surface area contributed by atoms with Gasteiger partial charge >= 0.3 is 6.18 Å². The van der Waals surface area contributed by atoms with Crippen molar-refractivity contribution in [3.63, 3.8) is 0 Å². The summed E-state index contributed by atoms with van der Waals surface area (Å²) in [5.41, 5.74) is 0.499. The van der Waals surface area contributed by atoms with Crippen LogP contribution in [-0.2, 0) is 12.8 Å². The van der Waals surface area contributed by atoms with Crippen molar-refractivity contribution >= 4 is 0 Å². The number of halogens is 3. The van der Waals surface area contributed by atoms with Crippen molar-refractivity contribution in [3.05, 3.63) is 66.1 Å². The molecule has 7 heteroatoms. The molecule has 1 aromatic carbocycles. The molecule has 23 heavy (non-hydrogen) atoms. The van der Waals surface area contributed by atoms with Crippen LogP contribution in [-0.4, -0.2) is 10.1 Å². The van der Waals surface area contributed by atoms with Gasteiger partial charge in [0.15, 0.2) is 12.4 Å². The fourth-order valence-corrected chi connectivity index (χ4v) is 1.92. The Labute approximate surface area is 129 Å². The molecule has 0 amide bonds. The summed E-state index contributed by atoms with van der Waals surface area (Å²) in [4.78, 5) is 3.41. The summed E-state index contributed by atoms with van der Waals surface area (Å²) in [7, 11) is 0. The average molecular weight is 320 g/mol. The van der Waals surface area contributed by atoms with Crippen LogP contribution in [0.1, 0.15) is 11.5 Å². The number of aromatic nitrogens is 2. The van der Waals surface area contributed by atoms with E-state index < -0.39 is 11.9 Å². The largest absolute Gasteiger partial charge is 0.469 e. The van der Waals surface area contributed by atoms with Crippen LogP contribution in [0, 0.1) is 0 Å². The second-order valence-corrected chi connectivity index (χ2v) is 4.69. The quantitative estimate of drug-likeness (QED) is 0.718. The Hall–Kier alpha value is -2.83. The Kier molecular flexibility index (Phi) is 4.01. The highest BCUT2D eigenvalue weighted by Gasteiger charge is 2.32. The first-order valence-corrected chi connectivity index (χ1v) is 6.70. The molecule has 0 spiro atoms. The number of hydrogen-bond acceptors (Lipinski definition) is 4. The van der Waals surface area contributed by atoms with Crippen LogP contribution < -0.4 is 4.74 Å². The van der Waals surface area contributed by atoms with E-state index in [1.54, 1.807) is 6.07 Å². The Balaban J connectivity index is 1.69. The van der Waals surface area contributed by atoms with Crippen LogP contribution in [0.25, 0.3) is 11.3 Å². The monoisotopic (exact) mass is 320 g/mol. The van der Waals surface area contributed by atoms with Crippen LogP contribution in [0.5, 0.6) is 5.88 Å². The lowest BCUT2D eigenvalue weighted by Gasteiger charge is -2.07. The molecule has 0 aliphatic heterocycles. The minimum Gasteiger partial charge on any atom is -0.469 e. The summed E-state index contributed by atoms with van der Waals surface area (Å²) in [6.07, 6.45) is -4.51. The number of alkyl halides is 3. The van der Waals surface area contributed by atoms with Crippen LogP contribution in [0.2, 0.25) is 0 Å². The van der Waals surface area contributed by atoms with Crippen molar-refractivity contribution in [1.82, 2.24) is 10.1 Å². The highest BCUT2D eigenvalue weighted by atomic mass is 19.4. The van der Waals surface area contributed by atoms with Crippen molar-refractivity contribution in [3.8, 4) is 17.1 Å². The lowest BCUT2D eigenvalue weighted by Crippen LogP contribution is -2.08. The molecule has 0 radical (unpaired) electrons. The van der Waals surface area contributed by atoms with Crippen molar-refractivity contribution < 1.29 is 22.4 Å². The van der Waals surface area contributed by atoms with Crippen LogP contribution in [0.15, 0.2) is 59.1 Å². The van der Waals surface area contributed by atoms with Crippen LogP contribution in [0.3, 0.4) is 0 Å². The molecule has 0 aliphatic rings. The molecule has 2 aromatic heterocycles. The van der Waals surface area contributed by atoms with E-state index in [1.165, 1.54) is 12.1 Å². The molecular formula is C16H11F3N2O2. The first kappa shape index (κ1) is 15.1. The molecule has 0 atom stereocenters. The minimum absolute atomic E-state index is 0.0614. The van der Waals surface area contributed by atoms with Gasteiger partial charge in [-0.15, -0.1) is 0 Å². The molecule has 0 unspecified atom stereocenters. The molecule has 0 aliphatic carbocycles. The number of pyridine rings is 1. The highest BCUT2D eigenvalue weighted by Crippen LogP contribution is 2.28. The Morgan fingerprint density at radius 1 is 1.00 bits per heavy atom. The zero-order chi connectivity index (χ0) is 16.3. The van der Waals surface area contributed by atoms with E-state index in [9.17, 15) is 13.2 Å². The average Bonchev–Trinajstić information content (AvgIpc) is 3.02. The predicted molar refractivity (Wildman–Crippen MR) is 75.5 cm³/mol. The van der Waals surface area contributed by atoms with Crippen molar-refractivity contribution in [2.45, 2.75) is 12.8 Å². The van der Waals surface area contributed by atoms with E-state index in [-0.39, 0.29) is 12.5 Å². The normalized spacial score (nSPS) is 11.4. The molecule has 0 saturated carbocycles. The smallest absolute Gasteiger partial charge is 0.433 e. The lowest BCUT2D eigenvalue weighted by molar-refractivity contribution is -0.141.